The molecule has 0 saturated carbocycles. The molecule has 0 spiro atoms. The molecule has 92 valence electrons. The number of hydrogen-bond donors (Lipinski definition) is 0. The van der Waals surface area contributed by atoms with Gasteiger partial charge in [-0.2, -0.15) is 5.92 Å². The van der Waals surface area contributed by atoms with Crippen molar-refractivity contribution in [1.82, 2.24) is 0 Å². The van der Waals surface area contributed by atoms with Gasteiger partial charge in [0.05, 0.1) is 0 Å². The summed E-state index contributed by atoms with van der Waals surface area (Å²) in [6.07, 6.45) is 12.6. The Morgan fingerprint density at radius 1 is 0.875 bits per heavy atom. The standard InChI is InChI=1S/C15H31.Na/c1-5-7-8-12-15(6-2)13-10-9-11-14(3)4;/h14-15H,3,5-13H2,1-2,4H3;/q-1;+1. The van der Waals surface area contributed by atoms with Crippen LogP contribution in [0.4, 0.5) is 0 Å². The monoisotopic (exact) mass is 234 g/mol. The van der Waals surface area contributed by atoms with E-state index in [1.54, 1.807) is 0 Å². The summed E-state index contributed by atoms with van der Waals surface area (Å²) in [7, 11) is 0. The van der Waals surface area contributed by atoms with Crippen LogP contribution in [0, 0.1) is 18.8 Å². The van der Waals surface area contributed by atoms with E-state index in [9.17, 15) is 0 Å². The average molecular weight is 234 g/mol. The molecule has 0 aromatic rings. The molecule has 0 aliphatic carbocycles. The SMILES string of the molecule is [CH2-]C(C)CCCCC(CC)CCCCC.[Na+]. The minimum Gasteiger partial charge on any atom is -0.341 e. The van der Waals surface area contributed by atoms with Crippen LogP contribution in [0.1, 0.15) is 78.6 Å². The van der Waals surface area contributed by atoms with Crippen molar-refractivity contribution in [3.05, 3.63) is 6.92 Å². The molecule has 0 N–H and O–H groups in total. The van der Waals surface area contributed by atoms with Crippen molar-refractivity contribution in [3.63, 3.8) is 0 Å². The van der Waals surface area contributed by atoms with E-state index in [4.69, 9.17) is 0 Å². The maximum absolute atomic E-state index is 4.04. The van der Waals surface area contributed by atoms with Crippen LogP contribution in [0.3, 0.4) is 0 Å². The summed E-state index contributed by atoms with van der Waals surface area (Å²) >= 11 is 0. The first kappa shape index (κ1) is 19.3. The molecule has 0 fully saturated rings. The second kappa shape index (κ2) is 14.1. The van der Waals surface area contributed by atoms with E-state index in [0.717, 1.165) is 5.92 Å². The van der Waals surface area contributed by atoms with Crippen LogP contribution in [0.15, 0.2) is 0 Å². The summed E-state index contributed by atoms with van der Waals surface area (Å²) in [5.41, 5.74) is 0. The van der Waals surface area contributed by atoms with Crippen LogP contribution in [-0.4, -0.2) is 0 Å². The van der Waals surface area contributed by atoms with Crippen LogP contribution >= 0.6 is 0 Å². The van der Waals surface area contributed by atoms with E-state index in [1.165, 1.54) is 57.8 Å². The van der Waals surface area contributed by atoms with E-state index >= 15 is 0 Å². The van der Waals surface area contributed by atoms with E-state index in [-0.39, 0.29) is 29.6 Å². The Kier molecular flexibility index (Phi) is 17.0. The van der Waals surface area contributed by atoms with Crippen molar-refractivity contribution < 1.29 is 29.6 Å². The predicted molar refractivity (Wildman–Crippen MR) is 70.9 cm³/mol. The fraction of sp³-hybridized carbons (Fsp3) is 0.933. The molecule has 0 nitrogen and oxygen atoms in total. The van der Waals surface area contributed by atoms with Crippen LogP contribution in [0.25, 0.3) is 0 Å². The fourth-order valence-corrected chi connectivity index (χ4v) is 2.16. The molecule has 0 amide bonds. The van der Waals surface area contributed by atoms with Crippen molar-refractivity contribution in [2.24, 2.45) is 11.8 Å². The Balaban J connectivity index is 0. The molecular formula is C15H31Na. The van der Waals surface area contributed by atoms with Gasteiger partial charge in [-0.25, -0.2) is 0 Å². The van der Waals surface area contributed by atoms with Crippen LogP contribution in [-0.2, 0) is 0 Å². The van der Waals surface area contributed by atoms with Crippen LogP contribution in [0.2, 0.25) is 0 Å². The average Bonchev–Trinajstić information content (AvgIpc) is 2.21. The second-order valence-electron chi connectivity index (χ2n) is 5.16. The molecule has 0 aliphatic heterocycles. The van der Waals surface area contributed by atoms with Gasteiger partial charge >= 0.3 is 29.6 Å². The number of unbranched alkanes of at least 4 members (excludes halogenated alkanes) is 3. The fourth-order valence-electron chi connectivity index (χ4n) is 2.16. The topological polar surface area (TPSA) is 0 Å². The maximum Gasteiger partial charge on any atom is 1.00 e. The van der Waals surface area contributed by atoms with E-state index in [0.29, 0.717) is 5.92 Å². The molecule has 0 aliphatic rings. The van der Waals surface area contributed by atoms with Crippen molar-refractivity contribution in [2.75, 3.05) is 0 Å². The Morgan fingerprint density at radius 3 is 1.81 bits per heavy atom. The summed E-state index contributed by atoms with van der Waals surface area (Å²) in [5.74, 6) is 1.64. The predicted octanol–water partition coefficient (Wildman–Crippen LogP) is 2.63. The van der Waals surface area contributed by atoms with Gasteiger partial charge in [-0.1, -0.05) is 78.6 Å². The zero-order valence-electron chi connectivity index (χ0n) is 12.2. The smallest absolute Gasteiger partial charge is 0.341 e. The minimum atomic E-state index is 0. The Labute approximate surface area is 126 Å². The van der Waals surface area contributed by atoms with Crippen LogP contribution in [0.5, 0.6) is 0 Å². The summed E-state index contributed by atoms with van der Waals surface area (Å²) in [4.78, 5) is 0. The Morgan fingerprint density at radius 2 is 1.38 bits per heavy atom. The Hall–Kier alpha value is 1.00. The van der Waals surface area contributed by atoms with E-state index < -0.39 is 0 Å². The van der Waals surface area contributed by atoms with Gasteiger partial charge in [0.1, 0.15) is 0 Å². The number of rotatable bonds is 10. The first-order valence-electron chi connectivity index (χ1n) is 7.03. The molecule has 0 saturated heterocycles. The maximum atomic E-state index is 4.04. The molecule has 1 heteroatoms. The van der Waals surface area contributed by atoms with Crippen molar-refractivity contribution in [2.45, 2.75) is 78.6 Å². The third kappa shape index (κ3) is 13.1. The first-order valence-corrected chi connectivity index (χ1v) is 7.03. The van der Waals surface area contributed by atoms with E-state index in [2.05, 4.69) is 27.7 Å². The van der Waals surface area contributed by atoms with Crippen molar-refractivity contribution in [1.29, 1.82) is 0 Å². The van der Waals surface area contributed by atoms with Gasteiger partial charge < -0.3 is 6.92 Å². The van der Waals surface area contributed by atoms with Gasteiger partial charge in [0, 0.05) is 0 Å². The molecule has 2 unspecified atom stereocenters. The van der Waals surface area contributed by atoms with Crippen molar-refractivity contribution >= 4 is 0 Å². The normalized spacial score (nSPS) is 14.2. The molecule has 0 heterocycles. The van der Waals surface area contributed by atoms with E-state index in [1.807, 2.05) is 0 Å². The second-order valence-corrected chi connectivity index (χ2v) is 5.16. The third-order valence-corrected chi connectivity index (χ3v) is 3.35. The van der Waals surface area contributed by atoms with Gasteiger partial charge in [-0.05, 0) is 5.92 Å². The third-order valence-electron chi connectivity index (χ3n) is 3.35. The van der Waals surface area contributed by atoms with Gasteiger partial charge in [-0.15, -0.1) is 0 Å². The summed E-state index contributed by atoms with van der Waals surface area (Å²) in [6.45, 7) is 10.9. The molecule has 16 heavy (non-hydrogen) atoms. The largest absolute Gasteiger partial charge is 1.00 e. The minimum absolute atomic E-state index is 0. The first-order chi connectivity index (χ1) is 7.20. The van der Waals surface area contributed by atoms with Gasteiger partial charge in [-0.3, -0.25) is 0 Å². The molecule has 0 aromatic heterocycles. The van der Waals surface area contributed by atoms with Gasteiger partial charge in [0.2, 0.25) is 0 Å². The quantitative estimate of drug-likeness (QED) is 0.310. The molecule has 0 aromatic carbocycles. The molecular weight excluding hydrogens is 203 g/mol. The zero-order chi connectivity index (χ0) is 11.5. The zero-order valence-corrected chi connectivity index (χ0v) is 14.2. The molecule has 0 bridgehead atoms. The molecule has 0 radical (unpaired) electrons. The number of hydrogen-bond acceptors (Lipinski definition) is 0. The molecule has 0 rings (SSSR count). The van der Waals surface area contributed by atoms with Gasteiger partial charge in [0.25, 0.3) is 0 Å². The Bertz CT molecular complexity index is 121. The summed E-state index contributed by atoms with van der Waals surface area (Å²) < 4.78 is 0. The summed E-state index contributed by atoms with van der Waals surface area (Å²) in [5, 5.41) is 0. The van der Waals surface area contributed by atoms with Gasteiger partial charge in [0.15, 0.2) is 0 Å². The summed E-state index contributed by atoms with van der Waals surface area (Å²) in [6, 6.07) is 0. The van der Waals surface area contributed by atoms with Crippen molar-refractivity contribution in [3.8, 4) is 0 Å². The van der Waals surface area contributed by atoms with Crippen LogP contribution < -0.4 is 29.6 Å². The molecule has 2 atom stereocenters.